The molecule has 1 saturated heterocycles. The molecule has 0 radical (unpaired) electrons. The van der Waals surface area contributed by atoms with Crippen molar-refractivity contribution in [2.24, 2.45) is 11.1 Å². The number of amides is 1. The summed E-state index contributed by atoms with van der Waals surface area (Å²) in [5.74, 6) is 0.180. The molecule has 2 aromatic rings. The molecule has 2 aromatic carbocycles. The van der Waals surface area contributed by atoms with Crippen molar-refractivity contribution in [3.63, 3.8) is 0 Å². The molecule has 1 fully saturated rings. The Hall–Kier alpha value is -2.13. The largest absolute Gasteiger partial charge is 0.342 e. The molecule has 132 valence electrons. The summed E-state index contributed by atoms with van der Waals surface area (Å²) in [5.41, 5.74) is 8.83. The first-order chi connectivity index (χ1) is 12.1. The van der Waals surface area contributed by atoms with E-state index in [9.17, 15) is 4.79 Å². The molecule has 2 unspecified atom stereocenters. The van der Waals surface area contributed by atoms with Gasteiger partial charge in [-0.25, -0.2) is 0 Å². The Balaban J connectivity index is 1.52. The number of hydrogen-bond acceptors (Lipinski definition) is 2. The number of nitrogens with zero attached hydrogens (tertiary/aromatic N) is 1. The normalized spacial score (nSPS) is 21.3. The molecule has 0 aromatic heterocycles. The molecule has 25 heavy (non-hydrogen) atoms. The summed E-state index contributed by atoms with van der Waals surface area (Å²) < 4.78 is 0. The fraction of sp³-hybridized carbons (Fsp3) is 0.409. The van der Waals surface area contributed by atoms with Crippen molar-refractivity contribution >= 4 is 5.91 Å². The van der Waals surface area contributed by atoms with Gasteiger partial charge in [0.2, 0.25) is 5.91 Å². The minimum atomic E-state index is -0.218. The number of rotatable bonds is 6. The van der Waals surface area contributed by atoms with Gasteiger partial charge in [0.25, 0.3) is 0 Å². The second-order valence-corrected chi connectivity index (χ2v) is 7.58. The number of carbonyl (C=O) groups is 1. The van der Waals surface area contributed by atoms with E-state index in [-0.39, 0.29) is 17.4 Å². The quantitative estimate of drug-likeness (QED) is 0.868. The van der Waals surface area contributed by atoms with Gasteiger partial charge < -0.3 is 10.6 Å². The smallest absolute Gasteiger partial charge is 0.224 e. The molecule has 1 amide bonds. The van der Waals surface area contributed by atoms with Crippen LogP contribution in [0.2, 0.25) is 0 Å². The van der Waals surface area contributed by atoms with Crippen LogP contribution in [0, 0.1) is 5.41 Å². The Kier molecular flexibility index (Phi) is 5.54. The minimum Gasteiger partial charge on any atom is -0.342 e. The predicted molar refractivity (Wildman–Crippen MR) is 102 cm³/mol. The highest BCUT2D eigenvalue weighted by atomic mass is 16.2. The van der Waals surface area contributed by atoms with E-state index >= 15 is 0 Å². The highest BCUT2D eigenvalue weighted by Crippen LogP contribution is 2.35. The van der Waals surface area contributed by atoms with Crippen molar-refractivity contribution in [3.05, 3.63) is 71.8 Å². The third kappa shape index (κ3) is 4.70. The standard InChI is InChI=1S/C22H28N2O/c1-22(13-12-18-8-4-2-5-9-18)14-15-24(17-22)21(25)16-20(23)19-10-6-3-7-11-19/h2-11,20H,12-17,23H2,1H3. The molecule has 0 saturated carbocycles. The second-order valence-electron chi connectivity index (χ2n) is 7.58. The Morgan fingerprint density at radius 1 is 1.12 bits per heavy atom. The molecule has 1 heterocycles. The molecule has 2 atom stereocenters. The van der Waals surface area contributed by atoms with Gasteiger partial charge >= 0.3 is 0 Å². The van der Waals surface area contributed by atoms with Crippen LogP contribution in [0.25, 0.3) is 0 Å². The van der Waals surface area contributed by atoms with Crippen LogP contribution in [0.4, 0.5) is 0 Å². The highest BCUT2D eigenvalue weighted by molar-refractivity contribution is 5.77. The van der Waals surface area contributed by atoms with Crippen LogP contribution in [0.3, 0.4) is 0 Å². The number of carbonyl (C=O) groups excluding carboxylic acids is 1. The lowest BCUT2D eigenvalue weighted by atomic mass is 9.83. The first-order valence-electron chi connectivity index (χ1n) is 9.18. The fourth-order valence-electron chi connectivity index (χ4n) is 3.67. The third-order valence-electron chi connectivity index (χ3n) is 5.39. The minimum absolute atomic E-state index is 0.180. The molecule has 1 aliphatic heterocycles. The molecule has 0 aliphatic carbocycles. The maximum atomic E-state index is 12.6. The molecular weight excluding hydrogens is 308 g/mol. The summed E-state index contributed by atoms with van der Waals surface area (Å²) >= 11 is 0. The van der Waals surface area contributed by atoms with E-state index in [4.69, 9.17) is 5.73 Å². The molecule has 0 bridgehead atoms. The Morgan fingerprint density at radius 2 is 1.76 bits per heavy atom. The van der Waals surface area contributed by atoms with Crippen molar-refractivity contribution in [1.29, 1.82) is 0 Å². The number of hydrogen-bond donors (Lipinski definition) is 1. The van der Waals surface area contributed by atoms with Gasteiger partial charge in [0, 0.05) is 25.6 Å². The summed E-state index contributed by atoms with van der Waals surface area (Å²) in [6, 6.07) is 20.3. The van der Waals surface area contributed by atoms with Crippen LogP contribution in [-0.2, 0) is 11.2 Å². The van der Waals surface area contributed by atoms with Gasteiger partial charge in [0.05, 0.1) is 0 Å². The summed E-state index contributed by atoms with van der Waals surface area (Å²) in [6.45, 7) is 4.01. The van der Waals surface area contributed by atoms with Gasteiger partial charge in [0.1, 0.15) is 0 Å². The van der Waals surface area contributed by atoms with Gasteiger partial charge in [-0.1, -0.05) is 67.6 Å². The lowest BCUT2D eigenvalue weighted by Gasteiger charge is -2.25. The molecule has 3 nitrogen and oxygen atoms in total. The van der Waals surface area contributed by atoms with Gasteiger partial charge in [0.15, 0.2) is 0 Å². The Labute approximate surface area is 150 Å². The summed E-state index contributed by atoms with van der Waals surface area (Å²) in [5, 5.41) is 0. The van der Waals surface area contributed by atoms with Crippen molar-refractivity contribution in [3.8, 4) is 0 Å². The van der Waals surface area contributed by atoms with E-state index < -0.39 is 0 Å². The molecule has 3 heteroatoms. The molecular formula is C22H28N2O. The first-order valence-corrected chi connectivity index (χ1v) is 9.18. The van der Waals surface area contributed by atoms with Crippen molar-refractivity contribution < 1.29 is 4.79 Å². The average molecular weight is 336 g/mol. The zero-order valence-corrected chi connectivity index (χ0v) is 15.0. The zero-order valence-electron chi connectivity index (χ0n) is 15.0. The van der Waals surface area contributed by atoms with Gasteiger partial charge in [-0.05, 0) is 35.8 Å². The lowest BCUT2D eigenvalue weighted by Crippen LogP contribution is -2.33. The second kappa shape index (κ2) is 7.83. The van der Waals surface area contributed by atoms with Crippen molar-refractivity contribution in [2.75, 3.05) is 13.1 Å². The van der Waals surface area contributed by atoms with Gasteiger partial charge in [-0.2, -0.15) is 0 Å². The summed E-state index contributed by atoms with van der Waals surface area (Å²) in [7, 11) is 0. The molecule has 2 N–H and O–H groups in total. The summed E-state index contributed by atoms with van der Waals surface area (Å²) in [4.78, 5) is 14.6. The van der Waals surface area contributed by atoms with Crippen LogP contribution in [0.1, 0.15) is 43.4 Å². The Bertz CT molecular complexity index is 686. The highest BCUT2D eigenvalue weighted by Gasteiger charge is 2.35. The maximum absolute atomic E-state index is 12.6. The number of benzene rings is 2. The van der Waals surface area contributed by atoms with Gasteiger partial charge in [-0.3, -0.25) is 4.79 Å². The van der Waals surface area contributed by atoms with E-state index in [2.05, 4.69) is 37.3 Å². The number of aryl methyl sites for hydroxylation is 1. The maximum Gasteiger partial charge on any atom is 0.224 e. The van der Waals surface area contributed by atoms with E-state index in [0.29, 0.717) is 6.42 Å². The molecule has 3 rings (SSSR count). The fourth-order valence-corrected chi connectivity index (χ4v) is 3.67. The van der Waals surface area contributed by atoms with Crippen molar-refractivity contribution in [2.45, 2.75) is 38.6 Å². The topological polar surface area (TPSA) is 46.3 Å². The number of nitrogens with two attached hydrogens (primary N) is 1. The van der Waals surface area contributed by atoms with Crippen LogP contribution in [0.5, 0.6) is 0 Å². The zero-order chi connectivity index (χ0) is 17.7. The van der Waals surface area contributed by atoms with Crippen LogP contribution < -0.4 is 5.73 Å². The van der Waals surface area contributed by atoms with Crippen LogP contribution in [0.15, 0.2) is 60.7 Å². The SMILES string of the molecule is CC1(CCc2ccccc2)CCN(C(=O)CC(N)c2ccccc2)C1. The molecule has 1 aliphatic rings. The van der Waals surface area contributed by atoms with E-state index in [1.165, 1.54) is 5.56 Å². The van der Waals surface area contributed by atoms with Crippen molar-refractivity contribution in [1.82, 2.24) is 4.90 Å². The average Bonchev–Trinajstić information content (AvgIpc) is 3.04. The predicted octanol–water partition coefficient (Wildman–Crippen LogP) is 3.95. The lowest BCUT2D eigenvalue weighted by molar-refractivity contribution is -0.130. The van der Waals surface area contributed by atoms with E-state index in [0.717, 1.165) is 37.9 Å². The van der Waals surface area contributed by atoms with Crippen LogP contribution >= 0.6 is 0 Å². The van der Waals surface area contributed by atoms with E-state index in [1.54, 1.807) is 0 Å². The van der Waals surface area contributed by atoms with Crippen LogP contribution in [-0.4, -0.2) is 23.9 Å². The monoisotopic (exact) mass is 336 g/mol. The summed E-state index contributed by atoms with van der Waals surface area (Å²) in [6.07, 6.45) is 3.65. The van der Waals surface area contributed by atoms with Gasteiger partial charge in [-0.15, -0.1) is 0 Å². The molecule has 0 spiro atoms. The van der Waals surface area contributed by atoms with E-state index in [1.807, 2.05) is 35.2 Å². The third-order valence-corrected chi connectivity index (χ3v) is 5.39. The first kappa shape index (κ1) is 17.7. The number of likely N-dealkylation sites (tertiary alicyclic amines) is 1. The Morgan fingerprint density at radius 3 is 2.44 bits per heavy atom.